The van der Waals surface area contributed by atoms with Crippen molar-refractivity contribution in [2.75, 3.05) is 5.75 Å². The molecule has 1 N–H and O–H groups in total. The van der Waals surface area contributed by atoms with Gasteiger partial charge in [0.15, 0.2) is 11.0 Å². The van der Waals surface area contributed by atoms with Crippen LogP contribution in [0.2, 0.25) is 5.02 Å². The molecule has 2 heterocycles. The summed E-state index contributed by atoms with van der Waals surface area (Å²) in [5.41, 5.74) is 5.11. The van der Waals surface area contributed by atoms with Crippen molar-refractivity contribution in [1.29, 1.82) is 0 Å². The fourth-order valence-electron chi connectivity index (χ4n) is 3.47. The minimum Gasteiger partial charge on any atom is -0.349 e. The van der Waals surface area contributed by atoms with E-state index >= 15 is 0 Å². The van der Waals surface area contributed by atoms with Crippen LogP contribution in [0.4, 0.5) is 0 Å². The molecule has 0 spiro atoms. The number of hydrogen-bond donors (Lipinski definition) is 1. The molecule has 0 saturated heterocycles. The van der Waals surface area contributed by atoms with Crippen LogP contribution in [-0.4, -0.2) is 31.4 Å². The summed E-state index contributed by atoms with van der Waals surface area (Å²) < 4.78 is 1.98. The van der Waals surface area contributed by atoms with Crippen molar-refractivity contribution in [3.8, 4) is 17.1 Å². The van der Waals surface area contributed by atoms with Gasteiger partial charge >= 0.3 is 0 Å². The third-order valence-corrected chi connectivity index (χ3v) is 6.68. The Morgan fingerprint density at radius 2 is 1.82 bits per heavy atom. The van der Waals surface area contributed by atoms with Gasteiger partial charge in [0.2, 0.25) is 5.91 Å². The molecule has 1 atom stereocenters. The molecule has 2 aromatic carbocycles. The smallest absolute Gasteiger partial charge is 0.230 e. The van der Waals surface area contributed by atoms with Crippen LogP contribution in [0, 0.1) is 13.8 Å². The van der Waals surface area contributed by atoms with Crippen LogP contribution in [0.5, 0.6) is 0 Å². The summed E-state index contributed by atoms with van der Waals surface area (Å²) in [7, 11) is 0. The summed E-state index contributed by atoms with van der Waals surface area (Å²) in [6, 6.07) is 17.3. The normalized spacial score (nSPS) is 11.9. The average Bonchev–Trinajstić information content (AvgIpc) is 3.24. The molecule has 1 unspecified atom stereocenters. The van der Waals surface area contributed by atoms with E-state index < -0.39 is 0 Å². The number of rotatable bonds is 7. The number of benzene rings is 2. The molecule has 8 heteroatoms. The van der Waals surface area contributed by atoms with Gasteiger partial charge in [0, 0.05) is 23.0 Å². The van der Waals surface area contributed by atoms with E-state index in [2.05, 4.69) is 46.5 Å². The topological polar surface area (TPSA) is 72.7 Å². The van der Waals surface area contributed by atoms with Crippen LogP contribution in [0.25, 0.3) is 17.1 Å². The van der Waals surface area contributed by atoms with Crippen LogP contribution in [0.1, 0.15) is 29.7 Å². The zero-order valence-electron chi connectivity index (χ0n) is 18.6. The minimum absolute atomic E-state index is 0.104. The molecule has 2 aromatic heterocycles. The summed E-state index contributed by atoms with van der Waals surface area (Å²) in [4.78, 5) is 16.8. The Hall–Kier alpha value is -3.16. The van der Waals surface area contributed by atoms with Gasteiger partial charge in [-0.25, -0.2) is 0 Å². The lowest BCUT2D eigenvalue weighted by Crippen LogP contribution is -2.28. The van der Waals surface area contributed by atoms with Gasteiger partial charge in [0.1, 0.15) is 0 Å². The van der Waals surface area contributed by atoms with Gasteiger partial charge in [0.25, 0.3) is 0 Å². The highest BCUT2D eigenvalue weighted by molar-refractivity contribution is 7.99. The second-order valence-electron chi connectivity index (χ2n) is 7.75. The predicted molar refractivity (Wildman–Crippen MR) is 133 cm³/mol. The fraction of sp³-hybridized carbons (Fsp3) is 0.200. The lowest BCUT2D eigenvalue weighted by atomic mass is 10.1. The minimum atomic E-state index is -0.197. The molecule has 4 aromatic rings. The van der Waals surface area contributed by atoms with E-state index in [0.717, 1.165) is 16.8 Å². The molecule has 6 nitrogen and oxygen atoms in total. The number of carbonyl (C=O) groups is 1. The Morgan fingerprint density at radius 1 is 1.06 bits per heavy atom. The van der Waals surface area contributed by atoms with Gasteiger partial charge in [0.05, 0.1) is 17.5 Å². The zero-order chi connectivity index (χ0) is 23.4. The molecule has 4 rings (SSSR count). The van der Waals surface area contributed by atoms with Gasteiger partial charge in [-0.3, -0.25) is 14.3 Å². The first kappa shape index (κ1) is 23.0. The molecule has 168 valence electrons. The SMILES string of the molecule is Cc1ccc(-n2c(SCC(=O)NC(C)c3ccccc3Cl)nnc2-c2ccncc2)cc1C. The summed E-state index contributed by atoms with van der Waals surface area (Å²) >= 11 is 7.61. The molecule has 0 aliphatic carbocycles. The standard InChI is InChI=1S/C25H24ClN5OS/c1-16-8-9-20(14-17(16)2)31-24(19-10-12-27-13-11-19)29-30-25(31)33-15-23(32)28-18(3)21-6-4-5-7-22(21)26/h4-14,18H,15H2,1-3H3,(H,28,32). The third kappa shape index (κ3) is 5.26. The molecule has 1 amide bonds. The number of amides is 1. The number of thioether (sulfide) groups is 1. The summed E-state index contributed by atoms with van der Waals surface area (Å²) in [5, 5.41) is 13.1. The van der Waals surface area contributed by atoms with Crippen LogP contribution < -0.4 is 5.32 Å². The Labute approximate surface area is 202 Å². The number of pyridine rings is 1. The van der Waals surface area contributed by atoms with Gasteiger partial charge in [-0.1, -0.05) is 47.6 Å². The summed E-state index contributed by atoms with van der Waals surface area (Å²) in [6.45, 7) is 6.07. The van der Waals surface area contributed by atoms with Crippen molar-refractivity contribution in [2.24, 2.45) is 0 Å². The number of carbonyl (C=O) groups excluding carboxylic acids is 1. The first-order valence-corrected chi connectivity index (χ1v) is 11.9. The van der Waals surface area contributed by atoms with E-state index in [9.17, 15) is 4.79 Å². The summed E-state index contributed by atoms with van der Waals surface area (Å²) in [6.07, 6.45) is 3.45. The predicted octanol–water partition coefficient (Wildman–Crippen LogP) is 5.57. The average molecular weight is 478 g/mol. The third-order valence-electron chi connectivity index (χ3n) is 5.40. The van der Waals surface area contributed by atoms with Crippen LogP contribution in [-0.2, 0) is 4.79 Å². The van der Waals surface area contributed by atoms with Crippen molar-refractivity contribution in [1.82, 2.24) is 25.1 Å². The molecular weight excluding hydrogens is 454 g/mol. The maximum Gasteiger partial charge on any atom is 0.230 e. The van der Waals surface area contributed by atoms with E-state index in [0.29, 0.717) is 16.0 Å². The molecule has 0 fully saturated rings. The van der Waals surface area contributed by atoms with Crippen molar-refractivity contribution < 1.29 is 4.79 Å². The first-order valence-electron chi connectivity index (χ1n) is 10.5. The zero-order valence-corrected chi connectivity index (χ0v) is 20.2. The second kappa shape index (κ2) is 10.2. The molecule has 0 saturated carbocycles. The van der Waals surface area contributed by atoms with E-state index in [1.165, 1.54) is 22.9 Å². The lowest BCUT2D eigenvalue weighted by molar-refractivity contribution is -0.119. The first-order chi connectivity index (χ1) is 15.9. The van der Waals surface area contributed by atoms with Crippen molar-refractivity contribution in [3.05, 3.63) is 88.7 Å². The highest BCUT2D eigenvalue weighted by atomic mass is 35.5. The van der Waals surface area contributed by atoms with Crippen molar-refractivity contribution in [3.63, 3.8) is 0 Å². The van der Waals surface area contributed by atoms with Crippen LogP contribution in [0.3, 0.4) is 0 Å². The monoisotopic (exact) mass is 477 g/mol. The van der Waals surface area contributed by atoms with E-state index in [1.54, 1.807) is 12.4 Å². The van der Waals surface area contributed by atoms with E-state index in [1.807, 2.05) is 54.0 Å². The Bertz CT molecular complexity index is 1280. The number of nitrogens with one attached hydrogen (secondary N) is 1. The number of nitrogens with zero attached hydrogens (tertiary/aromatic N) is 4. The second-order valence-corrected chi connectivity index (χ2v) is 9.10. The van der Waals surface area contributed by atoms with E-state index in [-0.39, 0.29) is 17.7 Å². The largest absolute Gasteiger partial charge is 0.349 e. The van der Waals surface area contributed by atoms with Crippen LogP contribution in [0.15, 0.2) is 72.1 Å². The van der Waals surface area contributed by atoms with Gasteiger partial charge in [-0.2, -0.15) is 0 Å². The maximum absolute atomic E-state index is 12.7. The molecule has 0 radical (unpaired) electrons. The molecular formula is C25H24ClN5OS. The van der Waals surface area contributed by atoms with Crippen molar-refractivity contribution >= 4 is 29.3 Å². The van der Waals surface area contributed by atoms with Gasteiger partial charge < -0.3 is 5.32 Å². The fourth-order valence-corrected chi connectivity index (χ4v) is 4.53. The van der Waals surface area contributed by atoms with Gasteiger partial charge in [-0.05, 0) is 67.8 Å². The number of halogens is 1. The Morgan fingerprint density at radius 3 is 2.55 bits per heavy atom. The van der Waals surface area contributed by atoms with Crippen molar-refractivity contribution in [2.45, 2.75) is 32.0 Å². The molecule has 33 heavy (non-hydrogen) atoms. The van der Waals surface area contributed by atoms with E-state index in [4.69, 9.17) is 11.6 Å². The Balaban J connectivity index is 1.57. The van der Waals surface area contributed by atoms with Gasteiger partial charge in [-0.15, -0.1) is 10.2 Å². The highest BCUT2D eigenvalue weighted by Gasteiger charge is 2.19. The highest BCUT2D eigenvalue weighted by Crippen LogP contribution is 2.29. The quantitative estimate of drug-likeness (QED) is 0.352. The number of aromatic nitrogens is 4. The van der Waals surface area contributed by atoms with Crippen LogP contribution >= 0.6 is 23.4 Å². The molecule has 0 aliphatic heterocycles. The summed E-state index contributed by atoms with van der Waals surface area (Å²) in [5.74, 6) is 0.800. The number of hydrogen-bond acceptors (Lipinski definition) is 5. The maximum atomic E-state index is 12.7. The lowest BCUT2D eigenvalue weighted by Gasteiger charge is -2.16. The molecule has 0 aliphatic rings. The molecule has 0 bridgehead atoms. The number of aryl methyl sites for hydroxylation is 2. The Kier molecular flexibility index (Phi) is 7.11.